The average Bonchev–Trinajstić information content (AvgIpc) is 3.27. The summed E-state index contributed by atoms with van der Waals surface area (Å²) in [4.78, 5) is 2.53. The lowest BCUT2D eigenvalue weighted by Crippen LogP contribution is -2.42. The van der Waals surface area contributed by atoms with Gasteiger partial charge in [-0.25, -0.2) is 4.68 Å². The van der Waals surface area contributed by atoms with Crippen molar-refractivity contribution in [2.75, 3.05) is 32.8 Å². The summed E-state index contributed by atoms with van der Waals surface area (Å²) < 4.78 is 7.43. The zero-order valence-corrected chi connectivity index (χ0v) is 17.6. The Kier molecular flexibility index (Phi) is 7.83. The summed E-state index contributed by atoms with van der Waals surface area (Å²) in [5, 5.41) is 7.95. The van der Waals surface area contributed by atoms with Crippen molar-refractivity contribution in [3.63, 3.8) is 0 Å². The molecule has 0 spiro atoms. The molecule has 1 unspecified atom stereocenters. The SMILES string of the molecule is Cc1cccc(C(CNCc2ccc(-n3cccn3)cc2)N2CCOCC2)c1.Cl. The van der Waals surface area contributed by atoms with Gasteiger partial charge in [0.1, 0.15) is 0 Å². The van der Waals surface area contributed by atoms with Gasteiger partial charge in [0.05, 0.1) is 18.9 Å². The molecule has 0 amide bonds. The molecule has 154 valence electrons. The quantitative estimate of drug-likeness (QED) is 0.641. The molecule has 29 heavy (non-hydrogen) atoms. The molecular weight excluding hydrogens is 384 g/mol. The molecule has 1 fully saturated rings. The standard InChI is InChI=1S/C23H28N4O.ClH/c1-19-4-2-5-21(16-19)23(26-12-14-28-15-13-26)18-24-17-20-6-8-22(9-7-20)27-11-3-10-25-27;/h2-11,16,23-24H,12-15,17-18H2,1H3;1H. The van der Waals surface area contributed by atoms with Gasteiger partial charge in [0.2, 0.25) is 0 Å². The first-order valence-electron chi connectivity index (χ1n) is 9.97. The van der Waals surface area contributed by atoms with Crippen molar-refractivity contribution >= 4 is 12.4 Å². The van der Waals surface area contributed by atoms with Crippen LogP contribution in [0.5, 0.6) is 0 Å². The normalized spacial score (nSPS) is 15.6. The van der Waals surface area contributed by atoms with Crippen LogP contribution in [-0.2, 0) is 11.3 Å². The number of hydrogen-bond donors (Lipinski definition) is 1. The molecule has 1 atom stereocenters. The van der Waals surface area contributed by atoms with Crippen LogP contribution < -0.4 is 5.32 Å². The molecular formula is C23H29ClN4O. The highest BCUT2D eigenvalue weighted by molar-refractivity contribution is 5.85. The number of nitrogens with zero attached hydrogens (tertiary/aromatic N) is 3. The van der Waals surface area contributed by atoms with E-state index < -0.39 is 0 Å². The Balaban J connectivity index is 0.00000240. The summed E-state index contributed by atoms with van der Waals surface area (Å²) in [5.74, 6) is 0. The van der Waals surface area contributed by atoms with Gasteiger partial charge in [-0.1, -0.05) is 42.0 Å². The molecule has 1 aliphatic heterocycles. The minimum atomic E-state index is 0. The number of aromatic nitrogens is 2. The van der Waals surface area contributed by atoms with E-state index in [2.05, 4.69) is 70.8 Å². The number of ether oxygens (including phenoxy) is 1. The van der Waals surface area contributed by atoms with Gasteiger partial charge in [-0.05, 0) is 36.2 Å². The Labute approximate surface area is 179 Å². The summed E-state index contributed by atoms with van der Waals surface area (Å²) in [5.41, 5.74) is 5.05. The second-order valence-electron chi connectivity index (χ2n) is 7.33. The Morgan fingerprint density at radius 1 is 1.07 bits per heavy atom. The Bertz CT molecular complexity index is 861. The van der Waals surface area contributed by atoms with Crippen molar-refractivity contribution in [1.82, 2.24) is 20.0 Å². The van der Waals surface area contributed by atoms with Crippen LogP contribution in [0.1, 0.15) is 22.7 Å². The Morgan fingerprint density at radius 2 is 1.86 bits per heavy atom. The van der Waals surface area contributed by atoms with Gasteiger partial charge in [0.25, 0.3) is 0 Å². The summed E-state index contributed by atoms with van der Waals surface area (Å²) in [6, 6.07) is 19.7. The van der Waals surface area contributed by atoms with E-state index >= 15 is 0 Å². The van der Waals surface area contributed by atoms with Crippen molar-refractivity contribution in [1.29, 1.82) is 0 Å². The van der Waals surface area contributed by atoms with Gasteiger partial charge in [0, 0.05) is 44.6 Å². The van der Waals surface area contributed by atoms with Gasteiger partial charge in [0.15, 0.2) is 0 Å². The topological polar surface area (TPSA) is 42.3 Å². The number of benzene rings is 2. The second-order valence-corrected chi connectivity index (χ2v) is 7.33. The van der Waals surface area contributed by atoms with Crippen LogP contribution in [0.25, 0.3) is 5.69 Å². The zero-order chi connectivity index (χ0) is 19.2. The maximum Gasteiger partial charge on any atom is 0.0645 e. The first-order valence-corrected chi connectivity index (χ1v) is 9.97. The summed E-state index contributed by atoms with van der Waals surface area (Å²) in [6.45, 7) is 7.54. The summed E-state index contributed by atoms with van der Waals surface area (Å²) >= 11 is 0. The number of hydrogen-bond acceptors (Lipinski definition) is 4. The summed E-state index contributed by atoms with van der Waals surface area (Å²) in [7, 11) is 0. The molecule has 4 rings (SSSR count). The lowest BCUT2D eigenvalue weighted by atomic mass is 10.0. The highest BCUT2D eigenvalue weighted by Crippen LogP contribution is 2.22. The zero-order valence-electron chi connectivity index (χ0n) is 16.8. The molecule has 1 aliphatic rings. The van der Waals surface area contributed by atoms with Crippen LogP contribution in [0.15, 0.2) is 67.0 Å². The van der Waals surface area contributed by atoms with E-state index in [4.69, 9.17) is 4.74 Å². The van der Waals surface area contributed by atoms with E-state index in [-0.39, 0.29) is 12.4 Å². The average molecular weight is 413 g/mol. The van der Waals surface area contributed by atoms with E-state index in [1.165, 1.54) is 16.7 Å². The molecule has 1 aromatic heterocycles. The van der Waals surface area contributed by atoms with Crippen LogP contribution in [0.4, 0.5) is 0 Å². The van der Waals surface area contributed by atoms with E-state index in [0.717, 1.165) is 45.1 Å². The van der Waals surface area contributed by atoms with Crippen LogP contribution in [-0.4, -0.2) is 47.5 Å². The van der Waals surface area contributed by atoms with E-state index in [0.29, 0.717) is 6.04 Å². The molecule has 2 heterocycles. The molecule has 0 bridgehead atoms. The lowest BCUT2D eigenvalue weighted by molar-refractivity contribution is 0.0161. The van der Waals surface area contributed by atoms with Gasteiger partial charge < -0.3 is 10.1 Å². The van der Waals surface area contributed by atoms with Crippen molar-refractivity contribution in [3.8, 4) is 5.69 Å². The molecule has 6 heteroatoms. The Hall–Kier alpha value is -2.18. The smallest absolute Gasteiger partial charge is 0.0645 e. The van der Waals surface area contributed by atoms with Crippen LogP contribution >= 0.6 is 12.4 Å². The number of aryl methyl sites for hydroxylation is 1. The first kappa shape index (κ1) is 21.5. The van der Waals surface area contributed by atoms with Gasteiger partial charge >= 0.3 is 0 Å². The van der Waals surface area contributed by atoms with Crippen molar-refractivity contribution in [2.24, 2.45) is 0 Å². The number of morpholine rings is 1. The molecule has 2 aromatic carbocycles. The molecule has 3 aromatic rings. The van der Waals surface area contributed by atoms with Gasteiger partial charge in [-0.2, -0.15) is 5.10 Å². The fourth-order valence-electron chi connectivity index (χ4n) is 3.77. The molecule has 1 saturated heterocycles. The molecule has 5 nitrogen and oxygen atoms in total. The number of nitrogens with one attached hydrogen (secondary N) is 1. The number of rotatable bonds is 7. The van der Waals surface area contributed by atoms with E-state index in [1.54, 1.807) is 6.20 Å². The maximum absolute atomic E-state index is 5.56. The molecule has 1 N–H and O–H groups in total. The van der Waals surface area contributed by atoms with E-state index in [1.807, 2.05) is 16.9 Å². The maximum atomic E-state index is 5.56. The van der Waals surface area contributed by atoms with Crippen molar-refractivity contribution in [3.05, 3.63) is 83.7 Å². The van der Waals surface area contributed by atoms with Crippen molar-refractivity contribution in [2.45, 2.75) is 19.5 Å². The minimum absolute atomic E-state index is 0. The second kappa shape index (κ2) is 10.6. The number of halogens is 1. The Morgan fingerprint density at radius 3 is 2.55 bits per heavy atom. The summed E-state index contributed by atoms with van der Waals surface area (Å²) in [6.07, 6.45) is 3.76. The third-order valence-electron chi connectivity index (χ3n) is 5.29. The van der Waals surface area contributed by atoms with Gasteiger partial charge in [-0.3, -0.25) is 4.90 Å². The first-order chi connectivity index (χ1) is 13.8. The van der Waals surface area contributed by atoms with Crippen LogP contribution in [0, 0.1) is 6.92 Å². The fraction of sp³-hybridized carbons (Fsp3) is 0.348. The van der Waals surface area contributed by atoms with Crippen LogP contribution in [0.2, 0.25) is 0 Å². The monoisotopic (exact) mass is 412 g/mol. The molecule has 0 aliphatic carbocycles. The molecule has 0 radical (unpaired) electrons. The highest BCUT2D eigenvalue weighted by Gasteiger charge is 2.22. The van der Waals surface area contributed by atoms with E-state index in [9.17, 15) is 0 Å². The highest BCUT2D eigenvalue weighted by atomic mass is 35.5. The minimum Gasteiger partial charge on any atom is -0.379 e. The third kappa shape index (κ3) is 5.67. The largest absolute Gasteiger partial charge is 0.379 e. The van der Waals surface area contributed by atoms with Crippen molar-refractivity contribution < 1.29 is 4.74 Å². The molecule has 0 saturated carbocycles. The lowest BCUT2D eigenvalue weighted by Gasteiger charge is -2.35. The predicted octanol–water partition coefficient (Wildman–Crippen LogP) is 3.77. The predicted molar refractivity (Wildman–Crippen MR) is 119 cm³/mol. The van der Waals surface area contributed by atoms with Gasteiger partial charge in [-0.15, -0.1) is 12.4 Å². The van der Waals surface area contributed by atoms with Crippen LogP contribution in [0.3, 0.4) is 0 Å². The third-order valence-corrected chi connectivity index (χ3v) is 5.29. The fourth-order valence-corrected chi connectivity index (χ4v) is 3.77.